The van der Waals surface area contributed by atoms with Gasteiger partial charge < -0.3 is 4.74 Å². The Balaban J connectivity index is 2.65. The molecule has 1 aromatic heterocycles. The third-order valence-electron chi connectivity index (χ3n) is 0.887. The van der Waals surface area contributed by atoms with Crippen LogP contribution in [0.15, 0.2) is 4.34 Å². The van der Waals surface area contributed by atoms with Crippen LogP contribution in [0.25, 0.3) is 0 Å². The fraction of sp³-hybridized carbons (Fsp3) is 0.400. The van der Waals surface area contributed by atoms with E-state index in [-0.39, 0.29) is 0 Å². The summed E-state index contributed by atoms with van der Waals surface area (Å²) < 4.78 is 5.55. The van der Waals surface area contributed by atoms with E-state index in [1.54, 1.807) is 7.11 Å². The molecule has 4 nitrogen and oxygen atoms in total. The topological polar surface area (TPSA) is 54.9 Å². The van der Waals surface area contributed by atoms with E-state index >= 15 is 0 Å². The van der Waals surface area contributed by atoms with Gasteiger partial charge in [-0.3, -0.25) is 0 Å². The van der Waals surface area contributed by atoms with Crippen LogP contribution in [-0.2, 0) is 16.5 Å². The Kier molecular flexibility index (Phi) is 3.64. The van der Waals surface area contributed by atoms with Crippen LogP contribution in [-0.4, -0.2) is 22.9 Å². The minimum Gasteiger partial charge on any atom is -0.377 e. The molecule has 0 bridgehead atoms. The van der Waals surface area contributed by atoms with E-state index in [0.717, 1.165) is 10.6 Å². The van der Waals surface area contributed by atoms with Gasteiger partial charge in [0.1, 0.15) is 10.6 Å². The molecule has 0 N–H and O–H groups in total. The van der Waals surface area contributed by atoms with Crippen molar-refractivity contribution in [3.63, 3.8) is 0 Å². The van der Waals surface area contributed by atoms with Crippen molar-refractivity contribution >= 4 is 28.2 Å². The monoisotopic (exact) mass is 191 g/mol. The molecule has 0 aromatic carbocycles. The van der Waals surface area contributed by atoms with Gasteiger partial charge in [-0.2, -0.15) is 5.11 Å². The molecule has 0 aliphatic carbocycles. The summed E-state index contributed by atoms with van der Waals surface area (Å²) in [6.45, 7) is 0.464. The minimum atomic E-state index is 0.464. The van der Waals surface area contributed by atoms with Gasteiger partial charge in [-0.25, -0.2) is 0 Å². The van der Waals surface area contributed by atoms with E-state index in [1.165, 1.54) is 11.3 Å². The number of methoxy groups -OCH3 is 1. The lowest BCUT2D eigenvalue weighted by Gasteiger charge is -1.86. The molecule has 1 radical (unpaired) electrons. The van der Waals surface area contributed by atoms with Crippen LogP contribution in [0.3, 0.4) is 0 Å². The van der Waals surface area contributed by atoms with Crippen LogP contribution in [0.4, 0.5) is 0 Å². The summed E-state index contributed by atoms with van der Waals surface area (Å²) in [7, 11) is 1.60. The van der Waals surface area contributed by atoms with E-state index in [0.29, 0.717) is 22.3 Å². The van der Waals surface area contributed by atoms with Crippen LogP contribution in [0.1, 0.15) is 5.01 Å². The van der Waals surface area contributed by atoms with Crippen molar-refractivity contribution in [2.75, 3.05) is 7.11 Å². The number of hydrogen-bond acceptors (Lipinski definition) is 4. The Hall–Kier alpha value is -0.300. The highest BCUT2D eigenvalue weighted by atomic mass is 32.2. The zero-order chi connectivity index (χ0) is 8.10. The van der Waals surface area contributed by atoms with E-state index < -0.39 is 0 Å². The number of rotatable bonds is 3. The van der Waals surface area contributed by atoms with E-state index in [9.17, 15) is 5.11 Å². The third-order valence-corrected chi connectivity index (χ3v) is 2.59. The summed E-state index contributed by atoms with van der Waals surface area (Å²) in [5.74, 6) is 0. The standard InChI is InChI=1S/C5H7N2O2S2/c1-9-2-4-6-7-5(11-4)10-3-8/h3,10H,2H2,1H3. The first kappa shape index (κ1) is 8.79. The molecular weight excluding hydrogens is 184 g/mol. The highest BCUT2D eigenvalue weighted by Crippen LogP contribution is 2.16. The summed E-state index contributed by atoms with van der Waals surface area (Å²) in [6, 6.07) is 0. The summed E-state index contributed by atoms with van der Waals surface area (Å²) in [6.07, 6.45) is 0. The lowest BCUT2D eigenvalue weighted by atomic mass is 10.8. The van der Waals surface area contributed by atoms with Gasteiger partial charge in [0, 0.05) is 7.11 Å². The molecule has 0 saturated carbocycles. The summed E-state index contributed by atoms with van der Waals surface area (Å²) in [4.78, 5) is 0. The predicted octanol–water partition coefficient (Wildman–Crippen LogP) is 0.699. The first-order valence-electron chi connectivity index (χ1n) is 2.82. The maximum atomic E-state index is 10.0. The Morgan fingerprint density at radius 1 is 1.73 bits per heavy atom. The second-order valence-electron chi connectivity index (χ2n) is 1.65. The van der Waals surface area contributed by atoms with Crippen LogP contribution >= 0.6 is 22.7 Å². The van der Waals surface area contributed by atoms with E-state index in [1.807, 2.05) is 0 Å². The number of aromatic nitrogens is 2. The maximum Gasteiger partial charge on any atom is 0.167 e. The van der Waals surface area contributed by atoms with Crippen molar-refractivity contribution in [2.45, 2.75) is 10.9 Å². The minimum absolute atomic E-state index is 0.464. The van der Waals surface area contributed by atoms with Gasteiger partial charge >= 0.3 is 0 Å². The zero-order valence-corrected chi connectivity index (χ0v) is 7.56. The third kappa shape index (κ3) is 2.66. The molecule has 1 heterocycles. The van der Waals surface area contributed by atoms with Gasteiger partial charge in [0.25, 0.3) is 0 Å². The van der Waals surface area contributed by atoms with E-state index in [2.05, 4.69) is 10.2 Å². The van der Waals surface area contributed by atoms with Crippen molar-refractivity contribution < 1.29 is 9.84 Å². The lowest BCUT2D eigenvalue weighted by Crippen LogP contribution is -1.84. The molecule has 0 unspecified atom stereocenters. The molecule has 0 fully saturated rings. The maximum absolute atomic E-state index is 10.0. The first-order valence-corrected chi connectivity index (χ1v) is 4.60. The number of ether oxygens (including phenoxy) is 1. The second kappa shape index (κ2) is 4.55. The summed E-state index contributed by atoms with van der Waals surface area (Å²) >= 11 is 1.97. The molecule has 0 amide bonds. The first-order chi connectivity index (χ1) is 5.36. The van der Waals surface area contributed by atoms with Crippen LogP contribution in [0.2, 0.25) is 0 Å². The van der Waals surface area contributed by atoms with Gasteiger partial charge in [-0.15, -0.1) is 21.5 Å². The summed E-state index contributed by atoms with van der Waals surface area (Å²) in [5, 5.41) is 18.4. The van der Waals surface area contributed by atoms with Gasteiger partial charge in [0.2, 0.25) is 0 Å². The number of thiol groups is 1. The van der Waals surface area contributed by atoms with Gasteiger partial charge in [0.05, 0.1) is 6.61 Å². The van der Waals surface area contributed by atoms with Gasteiger partial charge in [0.15, 0.2) is 4.34 Å². The van der Waals surface area contributed by atoms with Crippen molar-refractivity contribution in [3.8, 4) is 0 Å². The average molecular weight is 191 g/mol. The molecule has 0 saturated heterocycles. The molecule has 61 valence electrons. The number of nitrogens with zero attached hydrogens (tertiary/aromatic N) is 2. The molecular formula is C5H7N2O2S2. The van der Waals surface area contributed by atoms with Gasteiger partial charge in [-0.1, -0.05) is 11.3 Å². The fourth-order valence-corrected chi connectivity index (χ4v) is 1.92. The molecule has 6 heteroatoms. The molecule has 11 heavy (non-hydrogen) atoms. The fourth-order valence-electron chi connectivity index (χ4n) is 0.524. The Morgan fingerprint density at radius 3 is 3.18 bits per heavy atom. The SMILES string of the molecule is COCc1nnc([SH]=C[O])s1. The normalized spacial score (nSPS) is 11.8. The van der Waals surface area contributed by atoms with Crippen molar-refractivity contribution in [1.29, 1.82) is 0 Å². The molecule has 1 aromatic rings. The zero-order valence-electron chi connectivity index (χ0n) is 5.85. The largest absolute Gasteiger partial charge is 0.377 e. The Labute approximate surface area is 71.8 Å². The average Bonchev–Trinajstić information content (AvgIpc) is 2.38. The van der Waals surface area contributed by atoms with Crippen molar-refractivity contribution in [1.82, 2.24) is 10.2 Å². The predicted molar refractivity (Wildman–Crippen MR) is 44.6 cm³/mol. The highest BCUT2D eigenvalue weighted by Gasteiger charge is 1.99. The van der Waals surface area contributed by atoms with Crippen molar-refractivity contribution in [2.24, 2.45) is 0 Å². The van der Waals surface area contributed by atoms with Gasteiger partial charge in [-0.05, 0) is 0 Å². The summed E-state index contributed by atoms with van der Waals surface area (Å²) in [5.41, 5.74) is 0.789. The Bertz CT molecular complexity index is 248. The van der Waals surface area contributed by atoms with E-state index in [4.69, 9.17) is 4.74 Å². The lowest BCUT2D eigenvalue weighted by molar-refractivity contribution is 0.184. The second-order valence-corrected chi connectivity index (χ2v) is 3.90. The number of hydrogen-bond donors (Lipinski definition) is 1. The Morgan fingerprint density at radius 2 is 2.55 bits per heavy atom. The molecule has 1 rings (SSSR count). The highest BCUT2D eigenvalue weighted by molar-refractivity contribution is 7.99. The smallest absolute Gasteiger partial charge is 0.167 e. The molecule has 0 aliphatic heterocycles. The van der Waals surface area contributed by atoms with Crippen molar-refractivity contribution in [3.05, 3.63) is 5.01 Å². The van der Waals surface area contributed by atoms with Crippen LogP contribution in [0, 0.1) is 0 Å². The van der Waals surface area contributed by atoms with Crippen LogP contribution < -0.4 is 0 Å². The molecule has 0 atom stereocenters. The quantitative estimate of drug-likeness (QED) is 0.565. The molecule has 0 aliphatic rings. The molecule has 0 spiro atoms. The van der Waals surface area contributed by atoms with Crippen LogP contribution in [0.5, 0.6) is 0 Å².